The normalized spacial score (nSPS) is 11.3. The van der Waals surface area contributed by atoms with E-state index in [1.54, 1.807) is 0 Å². The Morgan fingerprint density at radius 2 is 1.85 bits per heavy atom. The van der Waals surface area contributed by atoms with Crippen molar-refractivity contribution in [2.45, 2.75) is 46.6 Å². The number of hydrogen-bond acceptors (Lipinski definition) is 3. The average molecular weight is 279 g/mol. The Morgan fingerprint density at radius 3 is 2.45 bits per heavy atom. The van der Waals surface area contributed by atoms with E-state index in [1.807, 2.05) is 0 Å². The number of aryl methyl sites for hydroxylation is 2. The van der Waals surface area contributed by atoms with Gasteiger partial charge in [0.25, 0.3) is 0 Å². The quantitative estimate of drug-likeness (QED) is 0.753. The van der Waals surface area contributed by atoms with Crippen molar-refractivity contribution >= 4 is 0 Å². The van der Waals surface area contributed by atoms with Crippen LogP contribution in [0.3, 0.4) is 0 Å². The molecule has 0 saturated heterocycles. The minimum atomic E-state index is 0.208. The molecule has 0 aliphatic heterocycles. The molecule has 0 bridgehead atoms. The second kappa shape index (κ2) is 8.98. The fraction of sp³-hybridized carbons (Fsp3) is 0.647. The van der Waals surface area contributed by atoms with Gasteiger partial charge in [0.15, 0.2) is 0 Å². The molecule has 3 heteroatoms. The van der Waals surface area contributed by atoms with E-state index in [2.05, 4.69) is 50.8 Å². The predicted octanol–water partition coefficient (Wildman–Crippen LogP) is 3.17. The van der Waals surface area contributed by atoms with Crippen molar-refractivity contribution in [3.8, 4) is 5.75 Å². The highest BCUT2D eigenvalue weighted by molar-refractivity contribution is 5.35. The summed E-state index contributed by atoms with van der Waals surface area (Å²) in [5.41, 5.74) is 2.39. The Kier molecular flexibility index (Phi) is 7.63. The lowest BCUT2D eigenvalue weighted by molar-refractivity contribution is 0.122. The summed E-state index contributed by atoms with van der Waals surface area (Å²) in [7, 11) is 0. The minimum absolute atomic E-state index is 0.208. The van der Waals surface area contributed by atoms with Gasteiger partial charge in [-0.15, -0.1) is 0 Å². The summed E-state index contributed by atoms with van der Waals surface area (Å²) in [6, 6.07) is 6.81. The summed E-state index contributed by atoms with van der Waals surface area (Å²) in [6.07, 6.45) is 2.22. The van der Waals surface area contributed by atoms with Gasteiger partial charge in [-0.05, 0) is 43.9 Å². The van der Waals surface area contributed by atoms with Crippen LogP contribution in [0.5, 0.6) is 5.75 Å². The van der Waals surface area contributed by atoms with E-state index < -0.39 is 0 Å². The first-order chi connectivity index (χ1) is 9.62. The summed E-state index contributed by atoms with van der Waals surface area (Å²) < 4.78 is 5.91. The molecule has 1 aromatic rings. The van der Waals surface area contributed by atoms with E-state index in [1.165, 1.54) is 11.1 Å². The number of ether oxygens (including phenoxy) is 1. The molecule has 0 aliphatic carbocycles. The molecule has 0 unspecified atom stereocenters. The topological polar surface area (TPSA) is 32.7 Å². The van der Waals surface area contributed by atoms with Gasteiger partial charge in [0.05, 0.1) is 6.61 Å². The van der Waals surface area contributed by atoms with E-state index in [0.29, 0.717) is 12.6 Å². The first-order valence-electron chi connectivity index (χ1n) is 7.67. The van der Waals surface area contributed by atoms with Crippen molar-refractivity contribution < 1.29 is 9.84 Å². The van der Waals surface area contributed by atoms with Gasteiger partial charge < -0.3 is 9.84 Å². The molecular formula is C17H29NO2. The van der Waals surface area contributed by atoms with Crippen molar-refractivity contribution in [2.24, 2.45) is 0 Å². The zero-order valence-corrected chi connectivity index (χ0v) is 13.4. The first-order valence-corrected chi connectivity index (χ1v) is 7.67. The Bertz CT molecular complexity index is 389. The number of benzene rings is 1. The molecule has 3 nitrogen and oxygen atoms in total. The third kappa shape index (κ3) is 5.14. The predicted molar refractivity (Wildman–Crippen MR) is 84.4 cm³/mol. The van der Waals surface area contributed by atoms with Crippen LogP contribution in [0.1, 0.15) is 37.8 Å². The first kappa shape index (κ1) is 17.0. The summed E-state index contributed by atoms with van der Waals surface area (Å²) in [6.45, 7) is 11.0. The Labute approximate surface area is 123 Å². The van der Waals surface area contributed by atoms with E-state index >= 15 is 0 Å². The highest BCUT2D eigenvalue weighted by Crippen LogP contribution is 2.19. The number of aliphatic hydroxyl groups is 1. The Balaban J connectivity index is 2.53. The fourth-order valence-electron chi connectivity index (χ4n) is 2.55. The summed E-state index contributed by atoms with van der Waals surface area (Å²) >= 11 is 0. The third-order valence-electron chi connectivity index (χ3n) is 3.83. The molecule has 0 saturated carbocycles. The van der Waals surface area contributed by atoms with Gasteiger partial charge >= 0.3 is 0 Å². The van der Waals surface area contributed by atoms with Gasteiger partial charge in [-0.1, -0.05) is 26.0 Å². The smallest absolute Gasteiger partial charge is 0.122 e. The minimum Gasteiger partial charge on any atom is -0.492 e. The maximum absolute atomic E-state index is 9.19. The molecular weight excluding hydrogens is 250 g/mol. The largest absolute Gasteiger partial charge is 0.492 e. The zero-order valence-electron chi connectivity index (χ0n) is 13.4. The molecule has 0 heterocycles. The molecule has 114 valence electrons. The molecule has 0 aliphatic rings. The van der Waals surface area contributed by atoms with Crippen LogP contribution >= 0.6 is 0 Å². The molecule has 0 fully saturated rings. The molecule has 0 spiro atoms. The van der Waals surface area contributed by atoms with Crippen LogP contribution in [0, 0.1) is 13.8 Å². The average Bonchev–Trinajstić information content (AvgIpc) is 2.44. The van der Waals surface area contributed by atoms with Gasteiger partial charge in [-0.2, -0.15) is 0 Å². The zero-order chi connectivity index (χ0) is 15.0. The number of hydrogen-bond donors (Lipinski definition) is 1. The van der Waals surface area contributed by atoms with Crippen LogP contribution in [0.4, 0.5) is 0 Å². The molecule has 1 rings (SSSR count). The lowest BCUT2D eigenvalue weighted by Gasteiger charge is -2.29. The highest BCUT2D eigenvalue weighted by atomic mass is 16.5. The fourth-order valence-corrected chi connectivity index (χ4v) is 2.55. The van der Waals surface area contributed by atoms with Crippen molar-refractivity contribution in [2.75, 3.05) is 26.3 Å². The maximum atomic E-state index is 9.19. The van der Waals surface area contributed by atoms with E-state index in [-0.39, 0.29) is 6.61 Å². The van der Waals surface area contributed by atoms with Crippen LogP contribution < -0.4 is 4.74 Å². The van der Waals surface area contributed by atoms with E-state index in [9.17, 15) is 5.11 Å². The van der Waals surface area contributed by atoms with Crippen LogP contribution in [0.25, 0.3) is 0 Å². The second-order valence-corrected chi connectivity index (χ2v) is 5.35. The van der Waals surface area contributed by atoms with Gasteiger partial charge in [0, 0.05) is 19.1 Å². The van der Waals surface area contributed by atoms with Crippen LogP contribution in [-0.2, 0) is 0 Å². The Hall–Kier alpha value is -1.06. The lowest BCUT2D eigenvalue weighted by Crippen LogP contribution is -2.39. The van der Waals surface area contributed by atoms with Crippen molar-refractivity contribution in [3.05, 3.63) is 29.3 Å². The molecule has 1 N–H and O–H groups in total. The van der Waals surface area contributed by atoms with Gasteiger partial charge in [0.1, 0.15) is 12.4 Å². The number of rotatable bonds is 9. The SMILES string of the molecule is CCC(CC)N(CCO)CCOc1cc(C)ccc1C. The van der Waals surface area contributed by atoms with Gasteiger partial charge in [-0.25, -0.2) is 0 Å². The summed E-state index contributed by atoms with van der Waals surface area (Å²) in [4.78, 5) is 2.32. The number of nitrogens with zero attached hydrogens (tertiary/aromatic N) is 1. The Morgan fingerprint density at radius 1 is 1.15 bits per heavy atom. The molecule has 20 heavy (non-hydrogen) atoms. The lowest BCUT2D eigenvalue weighted by atomic mass is 10.1. The van der Waals surface area contributed by atoms with E-state index in [0.717, 1.165) is 31.7 Å². The van der Waals surface area contributed by atoms with Crippen LogP contribution in [0.15, 0.2) is 18.2 Å². The van der Waals surface area contributed by atoms with Crippen LogP contribution in [0.2, 0.25) is 0 Å². The van der Waals surface area contributed by atoms with Gasteiger partial charge in [-0.3, -0.25) is 4.90 Å². The van der Waals surface area contributed by atoms with Crippen LogP contribution in [-0.4, -0.2) is 42.4 Å². The highest BCUT2D eigenvalue weighted by Gasteiger charge is 2.14. The van der Waals surface area contributed by atoms with Crippen molar-refractivity contribution in [1.29, 1.82) is 0 Å². The molecule has 0 atom stereocenters. The number of aliphatic hydroxyl groups excluding tert-OH is 1. The second-order valence-electron chi connectivity index (χ2n) is 5.35. The van der Waals surface area contributed by atoms with E-state index in [4.69, 9.17) is 4.74 Å². The third-order valence-corrected chi connectivity index (χ3v) is 3.83. The molecule has 1 aromatic carbocycles. The molecule has 0 radical (unpaired) electrons. The van der Waals surface area contributed by atoms with Crippen molar-refractivity contribution in [3.63, 3.8) is 0 Å². The monoisotopic (exact) mass is 279 g/mol. The van der Waals surface area contributed by atoms with Crippen molar-refractivity contribution in [1.82, 2.24) is 4.90 Å². The summed E-state index contributed by atoms with van der Waals surface area (Å²) in [5, 5.41) is 9.19. The molecule has 0 amide bonds. The summed E-state index contributed by atoms with van der Waals surface area (Å²) in [5.74, 6) is 0.971. The van der Waals surface area contributed by atoms with Gasteiger partial charge in [0.2, 0.25) is 0 Å². The maximum Gasteiger partial charge on any atom is 0.122 e. The standard InChI is InChI=1S/C17H29NO2/c1-5-16(6-2)18(9-11-19)10-12-20-17-13-14(3)7-8-15(17)4/h7-8,13,16,19H,5-6,9-12H2,1-4H3. The molecule has 0 aromatic heterocycles.